The largest absolute Gasteiger partial charge is 0.198 e. The van der Waals surface area contributed by atoms with Gasteiger partial charge in [0, 0.05) is 0 Å². The van der Waals surface area contributed by atoms with Crippen LogP contribution >= 0.6 is 0 Å². The van der Waals surface area contributed by atoms with E-state index in [0.29, 0.717) is 5.92 Å². The smallest absolute Gasteiger partial charge is 0.0692 e. The Morgan fingerprint density at radius 1 is 0.955 bits per heavy atom. The molecule has 0 aromatic rings. The van der Waals surface area contributed by atoms with Gasteiger partial charge in [0.05, 0.1) is 11.5 Å². The van der Waals surface area contributed by atoms with Crippen molar-refractivity contribution >= 4 is 0 Å². The summed E-state index contributed by atoms with van der Waals surface area (Å²) in [4.78, 5) is 0. The molecule has 2 saturated carbocycles. The van der Waals surface area contributed by atoms with Crippen molar-refractivity contribution in [3.63, 3.8) is 0 Å². The van der Waals surface area contributed by atoms with Crippen LogP contribution in [0.4, 0.5) is 0 Å². The molecule has 126 valence electrons. The Hall–Kier alpha value is -0.510. The van der Waals surface area contributed by atoms with Gasteiger partial charge in [-0.3, -0.25) is 0 Å². The number of nitriles is 1. The summed E-state index contributed by atoms with van der Waals surface area (Å²) in [6.07, 6.45) is 16.1. The van der Waals surface area contributed by atoms with Gasteiger partial charge in [-0.2, -0.15) is 5.26 Å². The molecule has 0 radical (unpaired) electrons. The highest BCUT2D eigenvalue weighted by Crippen LogP contribution is 2.52. The van der Waals surface area contributed by atoms with E-state index in [2.05, 4.69) is 26.8 Å². The fraction of sp³-hybridized carbons (Fsp3) is 0.952. The number of rotatable bonds is 7. The SMILES string of the molecule is CCCC[C@H]1CC[C@H]2C[C@H](C(C#N)(CC)CCC)CC[C@H]2C1. The molecular formula is C21H37N. The van der Waals surface area contributed by atoms with E-state index >= 15 is 0 Å². The van der Waals surface area contributed by atoms with Crippen LogP contribution in [0, 0.1) is 40.4 Å². The fourth-order valence-corrected chi connectivity index (χ4v) is 5.59. The quantitative estimate of drug-likeness (QED) is 0.511. The number of hydrogen-bond acceptors (Lipinski definition) is 1. The van der Waals surface area contributed by atoms with Gasteiger partial charge in [-0.15, -0.1) is 0 Å². The molecule has 2 aliphatic carbocycles. The van der Waals surface area contributed by atoms with Crippen LogP contribution in [0.15, 0.2) is 0 Å². The van der Waals surface area contributed by atoms with Gasteiger partial charge >= 0.3 is 0 Å². The monoisotopic (exact) mass is 303 g/mol. The lowest BCUT2D eigenvalue weighted by molar-refractivity contribution is 0.0467. The first-order valence-corrected chi connectivity index (χ1v) is 10.1. The van der Waals surface area contributed by atoms with Crippen LogP contribution in [0.3, 0.4) is 0 Å². The molecule has 0 heterocycles. The van der Waals surface area contributed by atoms with Crippen LogP contribution in [0.25, 0.3) is 0 Å². The van der Waals surface area contributed by atoms with Crippen LogP contribution in [-0.2, 0) is 0 Å². The van der Waals surface area contributed by atoms with Crippen molar-refractivity contribution in [2.24, 2.45) is 29.1 Å². The van der Waals surface area contributed by atoms with Crippen molar-refractivity contribution < 1.29 is 0 Å². The third-order valence-corrected chi connectivity index (χ3v) is 7.02. The number of fused-ring (bicyclic) bond motifs is 1. The van der Waals surface area contributed by atoms with Gasteiger partial charge in [0.1, 0.15) is 0 Å². The van der Waals surface area contributed by atoms with Crippen molar-refractivity contribution in [2.75, 3.05) is 0 Å². The average Bonchev–Trinajstić information content (AvgIpc) is 2.57. The van der Waals surface area contributed by atoms with Gasteiger partial charge in [0.15, 0.2) is 0 Å². The highest BCUT2D eigenvalue weighted by molar-refractivity contribution is 5.04. The lowest BCUT2D eigenvalue weighted by Gasteiger charge is -2.46. The van der Waals surface area contributed by atoms with Crippen LogP contribution in [0.5, 0.6) is 0 Å². The van der Waals surface area contributed by atoms with Gasteiger partial charge in [-0.1, -0.05) is 52.9 Å². The van der Waals surface area contributed by atoms with Gasteiger partial charge in [0.2, 0.25) is 0 Å². The Morgan fingerprint density at radius 2 is 1.68 bits per heavy atom. The summed E-state index contributed by atoms with van der Waals surface area (Å²) in [5.74, 6) is 3.62. The summed E-state index contributed by atoms with van der Waals surface area (Å²) < 4.78 is 0. The zero-order valence-corrected chi connectivity index (χ0v) is 15.2. The van der Waals surface area contributed by atoms with E-state index in [-0.39, 0.29) is 5.41 Å². The molecule has 1 heteroatoms. The molecule has 0 aromatic carbocycles. The second-order valence-corrected chi connectivity index (χ2v) is 8.22. The Balaban J connectivity index is 1.94. The molecule has 2 fully saturated rings. The summed E-state index contributed by atoms with van der Waals surface area (Å²) >= 11 is 0. The summed E-state index contributed by atoms with van der Waals surface area (Å²) in [5, 5.41) is 9.85. The third-order valence-electron chi connectivity index (χ3n) is 7.02. The van der Waals surface area contributed by atoms with E-state index in [4.69, 9.17) is 0 Å². The van der Waals surface area contributed by atoms with Gasteiger partial charge in [0.25, 0.3) is 0 Å². The Morgan fingerprint density at radius 3 is 2.32 bits per heavy atom. The molecule has 2 aliphatic rings. The second kappa shape index (κ2) is 8.37. The number of hydrogen-bond donors (Lipinski definition) is 0. The predicted molar refractivity (Wildman–Crippen MR) is 94.4 cm³/mol. The fourth-order valence-electron chi connectivity index (χ4n) is 5.59. The third kappa shape index (κ3) is 3.87. The second-order valence-electron chi connectivity index (χ2n) is 8.22. The summed E-state index contributed by atoms with van der Waals surface area (Å²) in [7, 11) is 0. The maximum absolute atomic E-state index is 9.85. The molecule has 1 unspecified atom stereocenters. The normalized spacial score (nSPS) is 34.5. The Bertz CT molecular complexity index is 369. The van der Waals surface area contributed by atoms with Gasteiger partial charge in [-0.05, 0) is 68.6 Å². The van der Waals surface area contributed by atoms with E-state index in [0.717, 1.165) is 37.0 Å². The Kier molecular flexibility index (Phi) is 6.79. The highest BCUT2D eigenvalue weighted by Gasteiger charge is 2.43. The minimum Gasteiger partial charge on any atom is -0.198 e. The standard InChI is InChI=1S/C21H37N/c1-4-7-8-17-9-10-19-15-20(12-11-18(19)14-17)21(6-3,16-22)13-5-2/h17-20H,4-15H2,1-3H3/t17-,18-,19-,20+,21?/m0/s1. The van der Waals surface area contributed by atoms with Crippen LogP contribution < -0.4 is 0 Å². The molecule has 0 aromatic heterocycles. The predicted octanol–water partition coefficient (Wildman–Crippen LogP) is 6.73. The number of nitrogens with zero attached hydrogens (tertiary/aromatic N) is 1. The summed E-state index contributed by atoms with van der Waals surface area (Å²) in [6.45, 7) is 6.80. The Labute approximate surface area is 138 Å². The molecule has 0 N–H and O–H groups in total. The van der Waals surface area contributed by atoms with Crippen molar-refractivity contribution in [3.05, 3.63) is 0 Å². The van der Waals surface area contributed by atoms with Crippen LogP contribution in [0.2, 0.25) is 0 Å². The zero-order valence-electron chi connectivity index (χ0n) is 15.2. The van der Waals surface area contributed by atoms with Crippen LogP contribution in [0.1, 0.15) is 97.8 Å². The molecule has 5 atom stereocenters. The topological polar surface area (TPSA) is 23.8 Å². The maximum Gasteiger partial charge on any atom is 0.0692 e. The molecule has 0 spiro atoms. The molecule has 0 aliphatic heterocycles. The number of unbranched alkanes of at least 4 members (excludes halogenated alkanes) is 1. The van der Waals surface area contributed by atoms with E-state index in [9.17, 15) is 5.26 Å². The molecule has 22 heavy (non-hydrogen) atoms. The zero-order chi connectivity index (χ0) is 16.0. The average molecular weight is 304 g/mol. The van der Waals surface area contributed by atoms with Gasteiger partial charge < -0.3 is 0 Å². The lowest BCUT2D eigenvalue weighted by atomic mass is 9.58. The first-order chi connectivity index (χ1) is 10.7. The van der Waals surface area contributed by atoms with E-state index < -0.39 is 0 Å². The minimum atomic E-state index is -0.0151. The van der Waals surface area contributed by atoms with Crippen LogP contribution in [-0.4, -0.2) is 0 Å². The molecule has 2 rings (SSSR count). The van der Waals surface area contributed by atoms with Crippen molar-refractivity contribution in [1.29, 1.82) is 5.26 Å². The first kappa shape index (κ1) is 17.8. The lowest BCUT2D eigenvalue weighted by Crippen LogP contribution is -2.38. The summed E-state index contributed by atoms with van der Waals surface area (Å²) in [5.41, 5.74) is -0.0151. The van der Waals surface area contributed by atoms with Crippen molar-refractivity contribution in [3.8, 4) is 6.07 Å². The van der Waals surface area contributed by atoms with E-state index in [1.54, 1.807) is 0 Å². The molecule has 0 amide bonds. The van der Waals surface area contributed by atoms with Crippen molar-refractivity contribution in [1.82, 2.24) is 0 Å². The van der Waals surface area contributed by atoms with E-state index in [1.807, 2.05) is 0 Å². The molecule has 0 bridgehead atoms. The molecular weight excluding hydrogens is 266 g/mol. The maximum atomic E-state index is 9.85. The first-order valence-electron chi connectivity index (χ1n) is 10.1. The van der Waals surface area contributed by atoms with Gasteiger partial charge in [-0.25, -0.2) is 0 Å². The highest BCUT2D eigenvalue weighted by atomic mass is 14.5. The molecule has 1 nitrogen and oxygen atoms in total. The summed E-state index contributed by atoms with van der Waals surface area (Å²) in [6, 6.07) is 2.77. The molecule has 0 saturated heterocycles. The minimum absolute atomic E-state index is 0.0151. The van der Waals surface area contributed by atoms with E-state index in [1.165, 1.54) is 57.8 Å². The van der Waals surface area contributed by atoms with Crippen molar-refractivity contribution in [2.45, 2.75) is 97.8 Å².